The summed E-state index contributed by atoms with van der Waals surface area (Å²) in [6.45, 7) is 3.10. The monoisotopic (exact) mass is 372 g/mol. The van der Waals surface area contributed by atoms with Gasteiger partial charge in [-0.2, -0.15) is 0 Å². The number of nitrogens with one attached hydrogen (secondary N) is 1. The van der Waals surface area contributed by atoms with Crippen molar-refractivity contribution in [3.05, 3.63) is 42.0 Å². The van der Waals surface area contributed by atoms with Gasteiger partial charge in [0, 0.05) is 30.0 Å². The van der Waals surface area contributed by atoms with E-state index in [1.807, 2.05) is 24.3 Å². The van der Waals surface area contributed by atoms with Crippen LogP contribution in [0, 0.1) is 0 Å². The number of hydrogen-bond donors (Lipinski definition) is 1. The van der Waals surface area contributed by atoms with Gasteiger partial charge in [0.2, 0.25) is 5.75 Å². The fraction of sp³-hybridized carbons (Fsp3) is 0.350. The topological polar surface area (TPSA) is 69.3 Å². The van der Waals surface area contributed by atoms with Crippen molar-refractivity contribution in [3.63, 3.8) is 0 Å². The zero-order valence-corrected chi connectivity index (χ0v) is 15.8. The van der Waals surface area contributed by atoms with Gasteiger partial charge in [0.15, 0.2) is 11.5 Å². The molecule has 1 heterocycles. The average molecular weight is 372 g/mol. The second-order valence-electron chi connectivity index (χ2n) is 6.02. The van der Waals surface area contributed by atoms with E-state index in [0.29, 0.717) is 36.0 Å². The lowest BCUT2D eigenvalue weighted by Crippen LogP contribution is -2.36. The van der Waals surface area contributed by atoms with Gasteiger partial charge in [-0.3, -0.25) is 4.79 Å². The van der Waals surface area contributed by atoms with E-state index >= 15 is 0 Å². The number of anilines is 2. The van der Waals surface area contributed by atoms with Crippen molar-refractivity contribution >= 4 is 17.3 Å². The summed E-state index contributed by atoms with van der Waals surface area (Å²) in [4.78, 5) is 15.0. The van der Waals surface area contributed by atoms with Gasteiger partial charge in [0.05, 0.1) is 34.5 Å². The van der Waals surface area contributed by atoms with Gasteiger partial charge >= 0.3 is 0 Å². The molecule has 0 unspecified atom stereocenters. The zero-order chi connectivity index (χ0) is 19.2. The molecule has 144 valence electrons. The summed E-state index contributed by atoms with van der Waals surface area (Å²) in [6.07, 6.45) is 0. The van der Waals surface area contributed by atoms with Crippen LogP contribution in [0.3, 0.4) is 0 Å². The highest BCUT2D eigenvalue weighted by Crippen LogP contribution is 2.38. The fourth-order valence-electron chi connectivity index (χ4n) is 3.02. The van der Waals surface area contributed by atoms with Crippen LogP contribution < -0.4 is 24.4 Å². The van der Waals surface area contributed by atoms with Crippen LogP contribution in [0.5, 0.6) is 17.2 Å². The lowest BCUT2D eigenvalue weighted by molar-refractivity contribution is 0.102. The van der Waals surface area contributed by atoms with E-state index in [2.05, 4.69) is 10.2 Å². The number of methoxy groups -OCH3 is 3. The molecular weight excluding hydrogens is 348 g/mol. The highest BCUT2D eigenvalue weighted by Gasteiger charge is 2.18. The Morgan fingerprint density at radius 1 is 1.00 bits per heavy atom. The molecule has 0 saturated carbocycles. The summed E-state index contributed by atoms with van der Waals surface area (Å²) < 4.78 is 21.3. The van der Waals surface area contributed by atoms with Gasteiger partial charge in [0.25, 0.3) is 5.91 Å². The molecule has 0 radical (unpaired) electrons. The van der Waals surface area contributed by atoms with Crippen molar-refractivity contribution < 1.29 is 23.7 Å². The molecular formula is C20H24N2O5. The quantitative estimate of drug-likeness (QED) is 0.841. The third-order valence-corrected chi connectivity index (χ3v) is 4.41. The predicted molar refractivity (Wildman–Crippen MR) is 104 cm³/mol. The minimum Gasteiger partial charge on any atom is -0.493 e. The van der Waals surface area contributed by atoms with Crippen molar-refractivity contribution in [1.29, 1.82) is 0 Å². The van der Waals surface area contributed by atoms with Crippen molar-refractivity contribution in [2.75, 3.05) is 57.8 Å². The number of rotatable bonds is 6. The SMILES string of the molecule is COc1cc(C(=O)Nc2cccc(N3CCOCC3)c2)cc(OC)c1OC. The highest BCUT2D eigenvalue weighted by molar-refractivity contribution is 6.05. The van der Waals surface area contributed by atoms with E-state index in [4.69, 9.17) is 18.9 Å². The van der Waals surface area contributed by atoms with Crippen LogP contribution in [0.4, 0.5) is 11.4 Å². The molecule has 3 rings (SSSR count). The minimum absolute atomic E-state index is 0.256. The Kier molecular flexibility index (Phi) is 6.03. The molecule has 0 atom stereocenters. The van der Waals surface area contributed by atoms with E-state index in [-0.39, 0.29) is 5.91 Å². The lowest BCUT2D eigenvalue weighted by Gasteiger charge is -2.29. The maximum Gasteiger partial charge on any atom is 0.255 e. The molecule has 1 aliphatic rings. The van der Waals surface area contributed by atoms with Gasteiger partial charge < -0.3 is 29.2 Å². The summed E-state index contributed by atoms with van der Waals surface area (Å²) >= 11 is 0. The molecule has 27 heavy (non-hydrogen) atoms. The second kappa shape index (κ2) is 8.64. The maximum absolute atomic E-state index is 12.7. The molecule has 2 aromatic carbocycles. The average Bonchev–Trinajstić information content (AvgIpc) is 2.73. The molecule has 0 bridgehead atoms. The van der Waals surface area contributed by atoms with E-state index in [0.717, 1.165) is 24.5 Å². The van der Waals surface area contributed by atoms with Gasteiger partial charge in [-0.05, 0) is 30.3 Å². The Bertz CT molecular complexity index is 778. The zero-order valence-electron chi connectivity index (χ0n) is 15.8. The molecule has 7 heteroatoms. The normalized spacial score (nSPS) is 13.8. The fourth-order valence-corrected chi connectivity index (χ4v) is 3.02. The summed E-state index contributed by atoms with van der Waals surface area (Å²) in [5.74, 6) is 1.06. The maximum atomic E-state index is 12.7. The molecule has 1 fully saturated rings. The first-order valence-electron chi connectivity index (χ1n) is 8.70. The predicted octanol–water partition coefficient (Wildman–Crippen LogP) is 2.80. The summed E-state index contributed by atoms with van der Waals surface area (Å²) in [7, 11) is 4.56. The Hall–Kier alpha value is -2.93. The number of amides is 1. The molecule has 1 aliphatic heterocycles. The first kappa shape index (κ1) is 18.8. The van der Waals surface area contributed by atoms with Crippen LogP contribution in [-0.4, -0.2) is 53.5 Å². The molecule has 0 aliphatic carbocycles. The van der Waals surface area contributed by atoms with Crippen molar-refractivity contribution in [1.82, 2.24) is 0 Å². The van der Waals surface area contributed by atoms with Crippen molar-refractivity contribution in [3.8, 4) is 17.2 Å². The van der Waals surface area contributed by atoms with Gasteiger partial charge in [-0.1, -0.05) is 6.07 Å². The molecule has 1 saturated heterocycles. The van der Waals surface area contributed by atoms with E-state index in [1.54, 1.807) is 12.1 Å². The third-order valence-electron chi connectivity index (χ3n) is 4.41. The summed E-state index contributed by atoms with van der Waals surface area (Å²) in [6, 6.07) is 11.0. The largest absolute Gasteiger partial charge is 0.493 e. The van der Waals surface area contributed by atoms with Crippen LogP contribution in [0.2, 0.25) is 0 Å². The van der Waals surface area contributed by atoms with E-state index < -0.39 is 0 Å². The van der Waals surface area contributed by atoms with Crippen molar-refractivity contribution in [2.45, 2.75) is 0 Å². The van der Waals surface area contributed by atoms with E-state index in [1.165, 1.54) is 21.3 Å². The Morgan fingerprint density at radius 3 is 2.26 bits per heavy atom. The summed E-state index contributed by atoms with van der Waals surface area (Å²) in [5, 5.41) is 2.93. The number of carbonyl (C=O) groups is 1. The smallest absolute Gasteiger partial charge is 0.255 e. The van der Waals surface area contributed by atoms with Gasteiger partial charge in [0.1, 0.15) is 0 Å². The standard InChI is InChI=1S/C20H24N2O5/c1-24-17-11-14(12-18(25-2)19(17)26-3)20(23)21-15-5-4-6-16(13-15)22-7-9-27-10-8-22/h4-6,11-13H,7-10H2,1-3H3,(H,21,23). The number of ether oxygens (including phenoxy) is 4. The first-order valence-corrected chi connectivity index (χ1v) is 8.70. The lowest BCUT2D eigenvalue weighted by atomic mass is 10.1. The molecule has 2 aromatic rings. The molecule has 1 amide bonds. The molecule has 0 aromatic heterocycles. The Morgan fingerprint density at radius 2 is 1.67 bits per heavy atom. The number of morpholine rings is 1. The van der Waals surface area contributed by atoms with Crippen LogP contribution >= 0.6 is 0 Å². The Labute approximate surface area is 158 Å². The number of carbonyl (C=O) groups excluding carboxylic acids is 1. The molecule has 0 spiro atoms. The Balaban J connectivity index is 1.81. The van der Waals surface area contributed by atoms with Crippen molar-refractivity contribution in [2.24, 2.45) is 0 Å². The highest BCUT2D eigenvalue weighted by atomic mass is 16.5. The number of hydrogen-bond acceptors (Lipinski definition) is 6. The van der Waals surface area contributed by atoms with Crippen LogP contribution in [0.25, 0.3) is 0 Å². The third kappa shape index (κ3) is 4.25. The number of nitrogens with zero attached hydrogens (tertiary/aromatic N) is 1. The minimum atomic E-state index is -0.256. The summed E-state index contributed by atoms with van der Waals surface area (Å²) in [5.41, 5.74) is 2.19. The second-order valence-corrected chi connectivity index (χ2v) is 6.02. The first-order chi connectivity index (χ1) is 13.2. The van der Waals surface area contributed by atoms with Gasteiger partial charge in [-0.25, -0.2) is 0 Å². The van der Waals surface area contributed by atoms with E-state index in [9.17, 15) is 4.79 Å². The van der Waals surface area contributed by atoms with Gasteiger partial charge in [-0.15, -0.1) is 0 Å². The van der Waals surface area contributed by atoms with Crippen LogP contribution in [-0.2, 0) is 4.74 Å². The molecule has 1 N–H and O–H groups in total. The van der Waals surface area contributed by atoms with Crippen LogP contribution in [0.15, 0.2) is 36.4 Å². The van der Waals surface area contributed by atoms with Crippen LogP contribution in [0.1, 0.15) is 10.4 Å². The number of benzene rings is 2. The molecule has 7 nitrogen and oxygen atoms in total.